The van der Waals surface area contributed by atoms with Gasteiger partial charge in [0.25, 0.3) is 5.69 Å². The van der Waals surface area contributed by atoms with E-state index in [2.05, 4.69) is 13.8 Å². The minimum absolute atomic E-state index is 0.0728. The Hall–Kier alpha value is -2.25. The van der Waals surface area contributed by atoms with E-state index < -0.39 is 14.9 Å². The summed E-state index contributed by atoms with van der Waals surface area (Å²) in [6.45, 7) is 4.89. The van der Waals surface area contributed by atoms with Gasteiger partial charge in [0.2, 0.25) is 10.0 Å². The Kier molecular flexibility index (Phi) is 6.88. The van der Waals surface area contributed by atoms with Gasteiger partial charge < -0.3 is 0 Å². The summed E-state index contributed by atoms with van der Waals surface area (Å²) >= 11 is 0. The predicted molar refractivity (Wildman–Crippen MR) is 101 cm³/mol. The molecule has 6 nitrogen and oxygen atoms in total. The van der Waals surface area contributed by atoms with Crippen LogP contribution in [0.1, 0.15) is 32.3 Å². The van der Waals surface area contributed by atoms with Crippen LogP contribution in [0, 0.1) is 16.0 Å². The molecule has 0 atom stereocenters. The molecule has 0 heterocycles. The number of non-ortho nitro benzene ring substituents is 1. The van der Waals surface area contributed by atoms with E-state index in [1.54, 1.807) is 0 Å². The molecule has 0 aliphatic heterocycles. The Labute approximate surface area is 154 Å². The molecule has 0 saturated carbocycles. The summed E-state index contributed by atoms with van der Waals surface area (Å²) in [7, 11) is -3.73. The lowest BCUT2D eigenvalue weighted by Crippen LogP contribution is -2.31. The van der Waals surface area contributed by atoms with Crippen molar-refractivity contribution in [3.63, 3.8) is 0 Å². The Morgan fingerprint density at radius 2 is 1.65 bits per heavy atom. The van der Waals surface area contributed by atoms with Crippen LogP contribution >= 0.6 is 0 Å². The smallest absolute Gasteiger partial charge is 0.258 e. The lowest BCUT2D eigenvalue weighted by molar-refractivity contribution is -0.384. The number of sulfonamides is 1. The highest BCUT2D eigenvalue weighted by Gasteiger charge is 2.25. The lowest BCUT2D eigenvalue weighted by atomic mass is 10.1. The second-order valence-corrected chi connectivity index (χ2v) is 8.55. The highest BCUT2D eigenvalue weighted by molar-refractivity contribution is 7.89. The summed E-state index contributed by atoms with van der Waals surface area (Å²) in [5, 5.41) is 10.8. The van der Waals surface area contributed by atoms with Gasteiger partial charge in [-0.05, 0) is 36.5 Å². The molecular formula is C19H24N2O4S. The summed E-state index contributed by atoms with van der Waals surface area (Å²) in [5.74, 6) is 0.496. The molecule has 0 aromatic heterocycles. The molecule has 7 heteroatoms. The third-order valence-electron chi connectivity index (χ3n) is 4.08. The monoisotopic (exact) mass is 376 g/mol. The van der Waals surface area contributed by atoms with E-state index in [9.17, 15) is 18.5 Å². The molecule has 0 radical (unpaired) electrons. The van der Waals surface area contributed by atoms with Crippen LogP contribution in [0.25, 0.3) is 0 Å². The van der Waals surface area contributed by atoms with Crippen LogP contribution in [0.4, 0.5) is 5.69 Å². The van der Waals surface area contributed by atoms with Crippen molar-refractivity contribution in [3.05, 3.63) is 70.3 Å². The van der Waals surface area contributed by atoms with E-state index in [4.69, 9.17) is 0 Å². The van der Waals surface area contributed by atoms with E-state index >= 15 is 0 Å². The van der Waals surface area contributed by atoms with Crippen LogP contribution in [-0.2, 0) is 16.6 Å². The molecule has 0 aliphatic carbocycles. The molecule has 140 valence electrons. The molecule has 0 fully saturated rings. The van der Waals surface area contributed by atoms with E-state index in [0.717, 1.165) is 18.4 Å². The average Bonchev–Trinajstić information content (AvgIpc) is 2.61. The number of benzene rings is 2. The minimum Gasteiger partial charge on any atom is -0.258 e. The molecule has 0 aliphatic rings. The van der Waals surface area contributed by atoms with Crippen molar-refractivity contribution in [1.82, 2.24) is 4.31 Å². The van der Waals surface area contributed by atoms with Gasteiger partial charge in [0, 0.05) is 25.2 Å². The van der Waals surface area contributed by atoms with Crippen LogP contribution < -0.4 is 0 Å². The van der Waals surface area contributed by atoms with Crippen LogP contribution in [0.15, 0.2) is 59.5 Å². The van der Waals surface area contributed by atoms with Gasteiger partial charge in [-0.3, -0.25) is 10.1 Å². The molecule has 0 spiro atoms. The van der Waals surface area contributed by atoms with Gasteiger partial charge in [-0.15, -0.1) is 0 Å². The van der Waals surface area contributed by atoms with Crippen molar-refractivity contribution in [1.29, 1.82) is 0 Å². The summed E-state index contributed by atoms with van der Waals surface area (Å²) in [6.07, 6.45) is 1.69. The third-order valence-corrected chi connectivity index (χ3v) is 5.94. The Morgan fingerprint density at radius 3 is 2.19 bits per heavy atom. The number of hydrogen-bond acceptors (Lipinski definition) is 4. The van der Waals surface area contributed by atoms with Crippen LogP contribution in [0.3, 0.4) is 0 Å². The molecule has 2 aromatic rings. The SMILES string of the molecule is CC(C)CCCN(Cc1ccccc1)S(=O)(=O)c1ccc([N+](=O)[O-])cc1. The molecule has 2 rings (SSSR count). The first kappa shape index (κ1) is 20.1. The highest BCUT2D eigenvalue weighted by atomic mass is 32.2. The van der Waals surface area contributed by atoms with Crippen molar-refractivity contribution in [2.45, 2.75) is 38.1 Å². The number of nitrogens with zero attached hydrogens (tertiary/aromatic N) is 2. The second-order valence-electron chi connectivity index (χ2n) is 6.61. The average molecular weight is 376 g/mol. The maximum atomic E-state index is 13.0. The van der Waals surface area contributed by atoms with Gasteiger partial charge in [-0.2, -0.15) is 4.31 Å². The molecule has 0 saturated heterocycles. The first-order chi connectivity index (χ1) is 12.3. The summed E-state index contributed by atoms with van der Waals surface area (Å²) in [6, 6.07) is 14.5. The maximum Gasteiger partial charge on any atom is 0.269 e. The molecule has 0 unspecified atom stereocenters. The molecular weight excluding hydrogens is 352 g/mol. The summed E-state index contributed by atoms with van der Waals surface area (Å²) in [5.41, 5.74) is 0.779. The van der Waals surface area contributed by atoms with Gasteiger partial charge >= 0.3 is 0 Å². The lowest BCUT2D eigenvalue weighted by Gasteiger charge is -2.23. The largest absolute Gasteiger partial charge is 0.269 e. The van der Waals surface area contributed by atoms with Crippen LogP contribution in [0.5, 0.6) is 0 Å². The fraction of sp³-hybridized carbons (Fsp3) is 0.368. The van der Waals surface area contributed by atoms with Gasteiger partial charge in [0.15, 0.2) is 0 Å². The second kappa shape index (κ2) is 8.91. The van der Waals surface area contributed by atoms with Crippen molar-refractivity contribution in [2.24, 2.45) is 5.92 Å². The molecule has 0 N–H and O–H groups in total. The van der Waals surface area contributed by atoms with Gasteiger partial charge in [0.1, 0.15) is 0 Å². The van der Waals surface area contributed by atoms with Crippen molar-refractivity contribution in [3.8, 4) is 0 Å². The van der Waals surface area contributed by atoms with Gasteiger partial charge in [0.05, 0.1) is 9.82 Å². The zero-order valence-electron chi connectivity index (χ0n) is 15.0. The van der Waals surface area contributed by atoms with Crippen molar-refractivity contribution < 1.29 is 13.3 Å². The third kappa shape index (κ3) is 5.37. The number of rotatable bonds is 9. The topological polar surface area (TPSA) is 80.5 Å². The predicted octanol–water partition coefficient (Wildman–Crippen LogP) is 4.22. The summed E-state index contributed by atoms with van der Waals surface area (Å²) < 4.78 is 27.5. The first-order valence-corrected chi connectivity index (χ1v) is 10.0. The van der Waals surface area contributed by atoms with Crippen LogP contribution in [0.2, 0.25) is 0 Å². The molecule has 2 aromatic carbocycles. The van der Waals surface area contributed by atoms with E-state index in [0.29, 0.717) is 12.5 Å². The molecule has 0 amide bonds. The maximum absolute atomic E-state index is 13.0. The fourth-order valence-corrected chi connectivity index (χ4v) is 4.10. The van der Waals surface area contributed by atoms with Gasteiger partial charge in [-0.25, -0.2) is 8.42 Å². The Bertz CT molecular complexity index is 818. The molecule has 0 bridgehead atoms. The fourth-order valence-electron chi connectivity index (χ4n) is 2.64. The minimum atomic E-state index is -3.73. The van der Waals surface area contributed by atoms with Crippen molar-refractivity contribution >= 4 is 15.7 Å². The van der Waals surface area contributed by atoms with Crippen molar-refractivity contribution in [2.75, 3.05) is 6.54 Å². The molecule has 26 heavy (non-hydrogen) atoms. The number of hydrogen-bond donors (Lipinski definition) is 0. The number of nitro groups is 1. The van der Waals surface area contributed by atoms with E-state index in [-0.39, 0.29) is 17.1 Å². The normalized spacial score (nSPS) is 11.8. The van der Waals surface area contributed by atoms with E-state index in [1.165, 1.54) is 28.6 Å². The van der Waals surface area contributed by atoms with Gasteiger partial charge in [-0.1, -0.05) is 44.2 Å². The van der Waals surface area contributed by atoms with E-state index in [1.807, 2.05) is 30.3 Å². The standard InChI is InChI=1S/C19H24N2O4S/c1-16(2)7-6-14-20(15-17-8-4-3-5-9-17)26(24,25)19-12-10-18(11-13-19)21(22)23/h3-5,8-13,16H,6-7,14-15H2,1-2H3. The summed E-state index contributed by atoms with van der Waals surface area (Å²) in [4.78, 5) is 10.3. The first-order valence-electron chi connectivity index (χ1n) is 8.59. The number of nitro benzene ring substituents is 1. The quantitative estimate of drug-likeness (QED) is 0.485. The Morgan fingerprint density at radius 1 is 1.04 bits per heavy atom. The Balaban J connectivity index is 2.27. The van der Waals surface area contributed by atoms with Crippen LogP contribution in [-0.4, -0.2) is 24.2 Å². The highest BCUT2D eigenvalue weighted by Crippen LogP contribution is 2.22. The zero-order valence-corrected chi connectivity index (χ0v) is 15.9. The zero-order chi connectivity index (χ0) is 19.2.